The van der Waals surface area contributed by atoms with E-state index in [9.17, 15) is 4.79 Å². The van der Waals surface area contributed by atoms with E-state index in [0.717, 1.165) is 31.8 Å². The Morgan fingerprint density at radius 3 is 2.67 bits per heavy atom. The first-order chi connectivity index (χ1) is 10.1. The molecule has 116 valence electrons. The number of amides is 1. The number of rotatable bonds is 6. The number of para-hydroxylation sites is 1. The van der Waals surface area contributed by atoms with Crippen molar-refractivity contribution in [2.75, 3.05) is 19.6 Å². The minimum Gasteiger partial charge on any atom is -0.481 e. The van der Waals surface area contributed by atoms with Crippen LogP contribution in [0.2, 0.25) is 0 Å². The van der Waals surface area contributed by atoms with Crippen LogP contribution >= 0.6 is 0 Å². The topological polar surface area (TPSA) is 41.6 Å². The molecule has 0 bridgehead atoms. The molecule has 4 nitrogen and oxygen atoms in total. The lowest BCUT2D eigenvalue weighted by atomic mass is 10.1. The Morgan fingerprint density at radius 2 is 2.05 bits per heavy atom. The molecule has 0 spiro atoms. The Morgan fingerprint density at radius 1 is 1.33 bits per heavy atom. The highest BCUT2D eigenvalue weighted by molar-refractivity contribution is 5.80. The fourth-order valence-corrected chi connectivity index (χ4v) is 2.64. The van der Waals surface area contributed by atoms with Gasteiger partial charge in [-0.1, -0.05) is 18.2 Å². The van der Waals surface area contributed by atoms with Gasteiger partial charge in [-0.15, -0.1) is 0 Å². The number of nitrogens with one attached hydrogen (secondary N) is 1. The molecule has 1 aromatic carbocycles. The maximum Gasteiger partial charge on any atom is 0.260 e. The smallest absolute Gasteiger partial charge is 0.260 e. The van der Waals surface area contributed by atoms with Crippen molar-refractivity contribution in [1.29, 1.82) is 0 Å². The van der Waals surface area contributed by atoms with Crippen molar-refractivity contribution in [2.24, 2.45) is 5.92 Å². The molecule has 1 aromatic rings. The van der Waals surface area contributed by atoms with Crippen LogP contribution in [0.5, 0.6) is 5.75 Å². The summed E-state index contributed by atoms with van der Waals surface area (Å²) in [5, 5.41) is 3.01. The minimum atomic E-state index is -0.463. The number of nitrogens with zero attached hydrogens (tertiary/aromatic N) is 1. The molecule has 4 heteroatoms. The highest BCUT2D eigenvalue weighted by atomic mass is 16.5. The normalized spacial score (nSPS) is 20.5. The third kappa shape index (κ3) is 4.74. The van der Waals surface area contributed by atoms with E-state index in [4.69, 9.17) is 4.74 Å². The molecule has 2 atom stereocenters. The molecular weight excluding hydrogens is 264 g/mol. The lowest BCUT2D eigenvalue weighted by Crippen LogP contribution is -2.39. The highest BCUT2D eigenvalue weighted by Crippen LogP contribution is 2.17. The summed E-state index contributed by atoms with van der Waals surface area (Å²) in [6.07, 6.45) is 0.696. The molecule has 1 aliphatic rings. The summed E-state index contributed by atoms with van der Waals surface area (Å²) in [4.78, 5) is 14.5. The minimum absolute atomic E-state index is 0.0400. The zero-order chi connectivity index (χ0) is 15.2. The third-order valence-electron chi connectivity index (χ3n) is 4.04. The lowest BCUT2D eigenvalue weighted by Gasteiger charge is -2.20. The molecule has 1 saturated heterocycles. The second kappa shape index (κ2) is 7.46. The van der Waals surface area contributed by atoms with Gasteiger partial charge >= 0.3 is 0 Å². The monoisotopic (exact) mass is 290 g/mol. The van der Waals surface area contributed by atoms with E-state index in [2.05, 4.69) is 24.1 Å². The van der Waals surface area contributed by atoms with Gasteiger partial charge in [0.15, 0.2) is 6.10 Å². The molecule has 1 heterocycles. The van der Waals surface area contributed by atoms with E-state index in [1.54, 1.807) is 6.92 Å². The molecule has 0 unspecified atom stereocenters. The molecule has 0 aromatic heterocycles. The van der Waals surface area contributed by atoms with Crippen molar-refractivity contribution in [3.63, 3.8) is 0 Å². The van der Waals surface area contributed by atoms with Crippen molar-refractivity contribution in [2.45, 2.75) is 39.3 Å². The number of ether oxygens (including phenoxy) is 1. The first-order valence-corrected chi connectivity index (χ1v) is 7.79. The molecule has 1 aliphatic heterocycles. The molecule has 21 heavy (non-hydrogen) atoms. The van der Waals surface area contributed by atoms with Gasteiger partial charge in [0.1, 0.15) is 5.75 Å². The van der Waals surface area contributed by atoms with Gasteiger partial charge in [0.2, 0.25) is 0 Å². The van der Waals surface area contributed by atoms with Crippen LogP contribution in [0, 0.1) is 5.92 Å². The molecule has 1 fully saturated rings. The van der Waals surface area contributed by atoms with Gasteiger partial charge in [0.25, 0.3) is 5.91 Å². The molecular formula is C17H26N2O2. The summed E-state index contributed by atoms with van der Waals surface area (Å²) in [6, 6.07) is 10.0. The highest BCUT2D eigenvalue weighted by Gasteiger charge is 2.25. The van der Waals surface area contributed by atoms with E-state index in [1.165, 1.54) is 0 Å². The van der Waals surface area contributed by atoms with Gasteiger partial charge < -0.3 is 15.0 Å². The Labute approximate surface area is 127 Å². The largest absolute Gasteiger partial charge is 0.481 e. The van der Waals surface area contributed by atoms with Crippen LogP contribution in [-0.2, 0) is 4.79 Å². The van der Waals surface area contributed by atoms with E-state index in [1.807, 2.05) is 30.3 Å². The number of carbonyl (C=O) groups is 1. The van der Waals surface area contributed by atoms with Crippen molar-refractivity contribution in [3.8, 4) is 5.75 Å². The predicted octanol–water partition coefficient (Wildman–Crippen LogP) is 2.30. The second-order valence-electron chi connectivity index (χ2n) is 6.06. The number of hydrogen-bond donors (Lipinski definition) is 1. The zero-order valence-corrected chi connectivity index (χ0v) is 13.2. The molecule has 0 saturated carbocycles. The van der Waals surface area contributed by atoms with Gasteiger partial charge in [0, 0.05) is 19.1 Å². The standard InChI is InChI=1S/C17H26N2O2/c1-13(2)19-10-9-15(12-19)11-18-17(20)14(3)21-16-7-5-4-6-8-16/h4-8,13-15H,9-12H2,1-3H3,(H,18,20)/t14-,15+/m1/s1. The third-order valence-corrected chi connectivity index (χ3v) is 4.04. The predicted molar refractivity (Wildman–Crippen MR) is 84.4 cm³/mol. The van der Waals surface area contributed by atoms with Gasteiger partial charge in [-0.2, -0.15) is 0 Å². The van der Waals surface area contributed by atoms with Gasteiger partial charge in [-0.3, -0.25) is 4.79 Å². The Hall–Kier alpha value is -1.55. The van der Waals surface area contributed by atoms with Crippen LogP contribution in [0.15, 0.2) is 30.3 Å². The number of benzene rings is 1. The maximum absolute atomic E-state index is 12.1. The quantitative estimate of drug-likeness (QED) is 0.874. The maximum atomic E-state index is 12.1. The lowest BCUT2D eigenvalue weighted by molar-refractivity contribution is -0.127. The fraction of sp³-hybridized carbons (Fsp3) is 0.588. The summed E-state index contributed by atoms with van der Waals surface area (Å²) < 4.78 is 5.63. The van der Waals surface area contributed by atoms with Crippen LogP contribution in [0.25, 0.3) is 0 Å². The number of carbonyl (C=O) groups excluding carboxylic acids is 1. The zero-order valence-electron chi connectivity index (χ0n) is 13.2. The van der Waals surface area contributed by atoms with Crippen molar-refractivity contribution in [3.05, 3.63) is 30.3 Å². The van der Waals surface area contributed by atoms with Gasteiger partial charge in [-0.05, 0) is 51.8 Å². The number of hydrogen-bond acceptors (Lipinski definition) is 3. The van der Waals surface area contributed by atoms with Crippen molar-refractivity contribution >= 4 is 5.91 Å². The first kappa shape index (κ1) is 15.8. The molecule has 2 rings (SSSR count). The van der Waals surface area contributed by atoms with Crippen LogP contribution in [0.1, 0.15) is 27.2 Å². The molecule has 1 N–H and O–H groups in total. The Kier molecular flexibility index (Phi) is 5.62. The average molecular weight is 290 g/mol. The fourth-order valence-electron chi connectivity index (χ4n) is 2.64. The van der Waals surface area contributed by atoms with E-state index in [-0.39, 0.29) is 5.91 Å². The SMILES string of the molecule is CC(C)N1CC[C@@H](CNC(=O)[C@@H](C)Oc2ccccc2)C1. The van der Waals surface area contributed by atoms with E-state index < -0.39 is 6.10 Å². The summed E-state index contributed by atoms with van der Waals surface area (Å²) >= 11 is 0. The van der Waals surface area contributed by atoms with Gasteiger partial charge in [-0.25, -0.2) is 0 Å². The van der Waals surface area contributed by atoms with Crippen LogP contribution < -0.4 is 10.1 Å². The molecule has 0 aliphatic carbocycles. The first-order valence-electron chi connectivity index (χ1n) is 7.79. The summed E-state index contributed by atoms with van der Waals surface area (Å²) in [7, 11) is 0. The summed E-state index contributed by atoms with van der Waals surface area (Å²) in [5.74, 6) is 1.24. The van der Waals surface area contributed by atoms with Crippen molar-refractivity contribution < 1.29 is 9.53 Å². The van der Waals surface area contributed by atoms with E-state index >= 15 is 0 Å². The second-order valence-corrected chi connectivity index (χ2v) is 6.06. The van der Waals surface area contributed by atoms with Gasteiger partial charge in [0.05, 0.1) is 0 Å². The summed E-state index contributed by atoms with van der Waals surface area (Å²) in [5.41, 5.74) is 0. The van der Waals surface area contributed by atoms with Crippen LogP contribution in [0.3, 0.4) is 0 Å². The van der Waals surface area contributed by atoms with Crippen molar-refractivity contribution in [1.82, 2.24) is 10.2 Å². The van der Waals surface area contributed by atoms with E-state index in [0.29, 0.717) is 12.0 Å². The molecule has 1 amide bonds. The molecule has 0 radical (unpaired) electrons. The Bertz CT molecular complexity index is 447. The Balaban J connectivity index is 1.72. The van der Waals surface area contributed by atoms with Crippen LogP contribution in [0.4, 0.5) is 0 Å². The number of likely N-dealkylation sites (tertiary alicyclic amines) is 1. The average Bonchev–Trinajstić information content (AvgIpc) is 2.95. The van der Waals surface area contributed by atoms with Crippen LogP contribution in [-0.4, -0.2) is 42.6 Å². The summed E-state index contributed by atoms with van der Waals surface area (Å²) in [6.45, 7) is 9.18.